The zero-order valence-corrected chi connectivity index (χ0v) is 63.6. The summed E-state index contributed by atoms with van der Waals surface area (Å²) in [5.41, 5.74) is -0.458. The second-order valence-electron chi connectivity index (χ2n) is 29.0. The summed E-state index contributed by atoms with van der Waals surface area (Å²) in [5, 5.41) is 6.07. The highest BCUT2D eigenvalue weighted by Crippen LogP contribution is 2.38. The number of ether oxygens (including phenoxy) is 13. The molecular formula is C78H130N2O21. The third-order valence-corrected chi connectivity index (χ3v) is 20.8. The molecule has 3 heterocycles. The summed E-state index contributed by atoms with van der Waals surface area (Å²) in [6.07, 6.45) is 11.6. The molecule has 3 aliphatic rings. The van der Waals surface area contributed by atoms with E-state index in [1.165, 1.54) is 20.8 Å². The van der Waals surface area contributed by atoms with Gasteiger partial charge in [-0.05, 0) is 86.0 Å². The van der Waals surface area contributed by atoms with Gasteiger partial charge in [-0.2, -0.15) is 0 Å². The van der Waals surface area contributed by atoms with Crippen LogP contribution in [0.4, 0.5) is 0 Å². The minimum Gasteiger partial charge on any atom is -0.463 e. The van der Waals surface area contributed by atoms with Gasteiger partial charge in [0.1, 0.15) is 43.5 Å². The molecule has 578 valence electrons. The highest BCUT2D eigenvalue weighted by atomic mass is 16.7. The number of hydrogen-bond acceptors (Lipinski definition) is 21. The van der Waals surface area contributed by atoms with E-state index >= 15 is 0 Å². The topological polar surface area (TPSA) is 281 Å². The van der Waals surface area contributed by atoms with Crippen LogP contribution in [0.2, 0.25) is 0 Å². The molecule has 0 spiro atoms. The summed E-state index contributed by atoms with van der Waals surface area (Å²) in [6.45, 7) is 26.1. The Morgan fingerprint density at radius 2 is 0.752 bits per heavy atom. The van der Waals surface area contributed by atoms with Crippen molar-refractivity contribution in [2.24, 2.45) is 53.3 Å². The number of rotatable bonds is 54. The number of hydrogen-bond donors (Lipinski definition) is 2. The van der Waals surface area contributed by atoms with Crippen LogP contribution in [0, 0.1) is 53.3 Å². The van der Waals surface area contributed by atoms with Gasteiger partial charge in [-0.3, -0.25) is 38.4 Å². The smallest absolute Gasteiger partial charge is 0.306 e. The average Bonchev–Trinajstić information content (AvgIpc) is 0.824. The van der Waals surface area contributed by atoms with Crippen molar-refractivity contribution in [3.63, 3.8) is 0 Å². The molecule has 0 saturated carbocycles. The second kappa shape index (κ2) is 50.5. The van der Waals surface area contributed by atoms with E-state index in [4.69, 9.17) is 61.6 Å². The Balaban J connectivity index is 1.28. The number of amides is 2. The third-order valence-electron chi connectivity index (χ3n) is 20.8. The maximum absolute atomic E-state index is 13.9. The summed E-state index contributed by atoms with van der Waals surface area (Å²) in [5.74, 6) is 0.290. The Labute approximate surface area is 604 Å². The molecule has 1 aromatic carbocycles. The van der Waals surface area contributed by atoms with Crippen LogP contribution in [0.1, 0.15) is 230 Å². The first kappa shape index (κ1) is 88.4. The molecule has 0 aliphatic carbocycles. The molecule has 3 aliphatic heterocycles. The van der Waals surface area contributed by atoms with E-state index in [1.807, 2.05) is 30.3 Å². The van der Waals surface area contributed by atoms with Gasteiger partial charge in [0.2, 0.25) is 11.8 Å². The van der Waals surface area contributed by atoms with Gasteiger partial charge in [-0.25, -0.2) is 0 Å². The van der Waals surface area contributed by atoms with Gasteiger partial charge in [-0.1, -0.05) is 144 Å². The standard InChI is InChI=1S/C78H130N2O21/c1-54-57(4)69(48-95-63(10)81)99-75(60(54)7)92-41-27-18-13-15-24-33-67(84)37-44-89-51-78(80-73(87)35-30-36-74(88)98-47-66-31-22-21-23-32-66,52-90-45-38-68(85)34-25-16-14-19-28-42-93-76-61(8)55(2)58(5)70(100-76)49-96-64(11)82)53-91-46-39-72(86)79-40-26-17-20-29-43-94-77-62(9)56(3)59(6)71(101-77)50-97-65(12)83/h21-23,31-32,54-62,69-71,75-77H,13-20,24-30,33-53H2,1-12H3,(H,79,86)(H,80,87)/t54-,55-,56-,57+,58+,59+,60?,61?,62?,69?,70?,71?,75+,76+,77+,78?/m0/s1. The van der Waals surface area contributed by atoms with Crippen molar-refractivity contribution in [3.8, 4) is 0 Å². The van der Waals surface area contributed by atoms with Crippen LogP contribution in [0.25, 0.3) is 0 Å². The molecule has 2 N–H and O–H groups in total. The minimum atomic E-state index is -1.30. The second-order valence-corrected chi connectivity index (χ2v) is 29.0. The number of Topliss-reactive ketones (excluding diaryl/α,β-unsaturated/α-hetero) is 2. The molecule has 0 radical (unpaired) electrons. The number of esters is 4. The molecule has 3 fully saturated rings. The number of carbonyl (C=O) groups is 8. The molecule has 3 saturated heterocycles. The lowest BCUT2D eigenvalue weighted by molar-refractivity contribution is -0.255. The van der Waals surface area contributed by atoms with Crippen molar-refractivity contribution in [2.45, 2.75) is 274 Å². The zero-order chi connectivity index (χ0) is 74.0. The Kier molecular flexibility index (Phi) is 44.2. The van der Waals surface area contributed by atoms with Gasteiger partial charge >= 0.3 is 23.9 Å². The SMILES string of the molecule is CC(=O)OCC1O[C@@H](OCCCCCCCC(=O)CCOCC(COCCC(=O)CCCCCCCO[C@@H]2OC(COC(C)=O)[C@H](C)[C@H](C)C2C)(COCCC(=O)NCCCCCCO[C@@H]2OC(COC(C)=O)[C@H](C)[C@H](C)C2C)NC(=O)CCCC(=O)OCc2ccccc2)C(C)[C@@H](C)[C@H]1C. The molecule has 0 bridgehead atoms. The largest absolute Gasteiger partial charge is 0.463 e. The lowest BCUT2D eigenvalue weighted by atomic mass is 9.79. The van der Waals surface area contributed by atoms with Gasteiger partial charge in [0.15, 0.2) is 18.9 Å². The van der Waals surface area contributed by atoms with Crippen LogP contribution < -0.4 is 10.6 Å². The first-order valence-electron chi connectivity index (χ1n) is 38.1. The van der Waals surface area contributed by atoms with E-state index in [0.29, 0.717) is 57.0 Å². The normalized spacial score (nSPS) is 25.7. The van der Waals surface area contributed by atoms with Crippen molar-refractivity contribution in [1.29, 1.82) is 0 Å². The molecule has 23 heteroatoms. The van der Waals surface area contributed by atoms with Crippen molar-refractivity contribution in [2.75, 3.05) is 85.8 Å². The molecule has 101 heavy (non-hydrogen) atoms. The number of nitrogens with one attached hydrogen (secondary N) is 2. The summed E-state index contributed by atoms with van der Waals surface area (Å²) in [6, 6.07) is 9.33. The van der Waals surface area contributed by atoms with Crippen molar-refractivity contribution >= 4 is 47.3 Å². The average molecular weight is 1430 g/mol. The van der Waals surface area contributed by atoms with E-state index in [2.05, 4.69) is 72.9 Å². The molecular weight excluding hydrogens is 1300 g/mol. The van der Waals surface area contributed by atoms with E-state index in [9.17, 15) is 38.4 Å². The summed E-state index contributed by atoms with van der Waals surface area (Å²) < 4.78 is 77.1. The molecule has 1 aromatic rings. The van der Waals surface area contributed by atoms with Gasteiger partial charge in [0.05, 0.1) is 58.0 Å². The predicted octanol–water partition coefficient (Wildman–Crippen LogP) is 12.1. The highest BCUT2D eigenvalue weighted by Gasteiger charge is 2.43. The van der Waals surface area contributed by atoms with Crippen LogP contribution >= 0.6 is 0 Å². The van der Waals surface area contributed by atoms with Gasteiger partial charge in [0.25, 0.3) is 0 Å². The Bertz CT molecular complexity index is 2320. The Morgan fingerprint density at radius 3 is 1.16 bits per heavy atom. The maximum atomic E-state index is 13.9. The van der Waals surface area contributed by atoms with Crippen LogP contribution in [0.15, 0.2) is 30.3 Å². The van der Waals surface area contributed by atoms with Gasteiger partial charge in [0, 0.05) is 110 Å². The van der Waals surface area contributed by atoms with Gasteiger partial charge in [-0.15, -0.1) is 0 Å². The van der Waals surface area contributed by atoms with E-state index in [0.717, 1.165) is 95.5 Å². The van der Waals surface area contributed by atoms with Crippen LogP contribution in [-0.2, 0) is 107 Å². The Morgan fingerprint density at radius 1 is 0.376 bits per heavy atom. The van der Waals surface area contributed by atoms with Crippen LogP contribution in [-0.4, -0.2) is 176 Å². The molecule has 0 aromatic heterocycles. The zero-order valence-electron chi connectivity index (χ0n) is 63.6. The van der Waals surface area contributed by atoms with E-state index in [-0.39, 0.29) is 213 Å². The molecule has 6 unspecified atom stereocenters. The monoisotopic (exact) mass is 1430 g/mol. The van der Waals surface area contributed by atoms with Crippen molar-refractivity contribution < 1.29 is 99.9 Å². The fraction of sp³-hybridized carbons (Fsp3) is 0.821. The number of ketones is 2. The van der Waals surface area contributed by atoms with E-state index < -0.39 is 17.4 Å². The van der Waals surface area contributed by atoms with Crippen molar-refractivity contribution in [3.05, 3.63) is 35.9 Å². The minimum absolute atomic E-state index is 0.00824. The number of carbonyl (C=O) groups excluding carboxylic acids is 8. The van der Waals surface area contributed by atoms with Crippen LogP contribution in [0.5, 0.6) is 0 Å². The predicted molar refractivity (Wildman–Crippen MR) is 380 cm³/mol. The fourth-order valence-electron chi connectivity index (χ4n) is 13.0. The highest BCUT2D eigenvalue weighted by molar-refractivity contribution is 5.79. The maximum Gasteiger partial charge on any atom is 0.306 e. The first-order valence-corrected chi connectivity index (χ1v) is 38.1. The van der Waals surface area contributed by atoms with Crippen molar-refractivity contribution in [1.82, 2.24) is 10.6 Å². The first-order chi connectivity index (χ1) is 48.4. The molecule has 15 atom stereocenters. The van der Waals surface area contributed by atoms with E-state index in [1.54, 1.807) is 0 Å². The molecule has 2 amide bonds. The van der Waals surface area contributed by atoms with Crippen LogP contribution in [0.3, 0.4) is 0 Å². The molecule has 4 rings (SSSR count). The number of benzene rings is 1. The number of unbranched alkanes of at least 4 members (excludes halogenated alkanes) is 11. The Hall–Kier alpha value is -4.98. The lowest BCUT2D eigenvalue weighted by Crippen LogP contribution is -2.58. The fourth-order valence-corrected chi connectivity index (χ4v) is 13.0. The lowest BCUT2D eigenvalue weighted by Gasteiger charge is -2.43. The summed E-state index contributed by atoms with van der Waals surface area (Å²) >= 11 is 0. The third kappa shape index (κ3) is 36.0. The van der Waals surface area contributed by atoms with Gasteiger partial charge < -0.3 is 72.2 Å². The molecule has 23 nitrogen and oxygen atoms in total. The quantitative estimate of drug-likeness (QED) is 0.0348. The summed E-state index contributed by atoms with van der Waals surface area (Å²) in [7, 11) is 0. The summed E-state index contributed by atoms with van der Waals surface area (Å²) in [4.78, 5) is 101.